The highest BCUT2D eigenvalue weighted by Gasteiger charge is 2.21. The van der Waals surface area contributed by atoms with Crippen molar-refractivity contribution in [2.75, 3.05) is 0 Å². The molecule has 0 saturated heterocycles. The molecule has 6 aromatic rings. The van der Waals surface area contributed by atoms with Gasteiger partial charge in [-0.25, -0.2) is 18.1 Å². The Morgan fingerprint density at radius 2 is 1.57 bits per heavy atom. The number of nitrogens with zero attached hydrogens (tertiary/aromatic N) is 2. The maximum Gasteiger partial charge on any atom is 0.335 e. The molecule has 0 fully saturated rings. The van der Waals surface area contributed by atoms with E-state index in [0.29, 0.717) is 33.3 Å². The van der Waals surface area contributed by atoms with Gasteiger partial charge in [-0.15, -0.1) is 0 Å². The topological polar surface area (TPSA) is 83.7 Å². The molecule has 8 heteroatoms. The molecule has 42 heavy (non-hydrogen) atoms. The third kappa shape index (κ3) is 5.22. The van der Waals surface area contributed by atoms with Crippen LogP contribution in [0.1, 0.15) is 50.4 Å². The van der Waals surface area contributed by atoms with Gasteiger partial charge in [-0.2, -0.15) is 5.10 Å². The van der Waals surface area contributed by atoms with Gasteiger partial charge in [0.1, 0.15) is 11.6 Å². The summed E-state index contributed by atoms with van der Waals surface area (Å²) in [5.41, 5.74) is 4.21. The lowest BCUT2D eigenvalue weighted by Gasteiger charge is -2.16. The third-order valence-corrected chi connectivity index (χ3v) is 7.41. The number of pyridine rings is 1. The second-order valence-corrected chi connectivity index (χ2v) is 10.2. The van der Waals surface area contributed by atoms with Gasteiger partial charge in [-0.05, 0) is 76.9 Å². The molecule has 0 spiro atoms. The van der Waals surface area contributed by atoms with Crippen LogP contribution in [0.3, 0.4) is 0 Å². The molecule has 1 atom stereocenters. The molecule has 6 rings (SSSR count). The number of aromatic nitrogens is 2. The van der Waals surface area contributed by atoms with E-state index in [9.17, 15) is 19.1 Å². The molecule has 0 bridgehead atoms. The minimum atomic E-state index is -1.03. The summed E-state index contributed by atoms with van der Waals surface area (Å²) < 4.78 is 30.4. The molecule has 2 N–H and O–H groups in total. The molecule has 208 valence electrons. The molecule has 0 unspecified atom stereocenters. The second kappa shape index (κ2) is 10.9. The first-order valence-corrected chi connectivity index (χ1v) is 13.3. The smallest absolute Gasteiger partial charge is 0.335 e. The van der Waals surface area contributed by atoms with Crippen molar-refractivity contribution >= 4 is 28.2 Å². The summed E-state index contributed by atoms with van der Waals surface area (Å²) in [4.78, 5) is 25.1. The minimum absolute atomic E-state index is 0.149. The van der Waals surface area contributed by atoms with Crippen LogP contribution >= 0.6 is 0 Å². The van der Waals surface area contributed by atoms with Gasteiger partial charge in [-0.3, -0.25) is 4.79 Å². The van der Waals surface area contributed by atoms with E-state index in [1.807, 2.05) is 30.3 Å². The first kappa shape index (κ1) is 26.8. The molecule has 6 nitrogen and oxygen atoms in total. The van der Waals surface area contributed by atoms with Gasteiger partial charge in [0.15, 0.2) is 0 Å². The molecule has 0 saturated carbocycles. The lowest BCUT2D eigenvalue weighted by atomic mass is 9.98. The van der Waals surface area contributed by atoms with Gasteiger partial charge in [0.05, 0.1) is 28.9 Å². The Balaban J connectivity index is 1.41. The summed E-state index contributed by atoms with van der Waals surface area (Å²) in [6.07, 6.45) is 3.60. The average Bonchev–Trinajstić information content (AvgIpc) is 3.40. The Morgan fingerprint density at radius 1 is 0.881 bits per heavy atom. The molecule has 0 aliphatic carbocycles. The van der Waals surface area contributed by atoms with Gasteiger partial charge in [0, 0.05) is 23.7 Å². The molecule has 4 aromatic carbocycles. The van der Waals surface area contributed by atoms with Gasteiger partial charge in [0.2, 0.25) is 0 Å². The Hall–Kier alpha value is -5.37. The van der Waals surface area contributed by atoms with Crippen molar-refractivity contribution in [2.24, 2.45) is 0 Å². The molecule has 2 heterocycles. The Labute approximate surface area is 239 Å². The highest BCUT2D eigenvalue weighted by atomic mass is 19.1. The van der Waals surface area contributed by atoms with Crippen LogP contribution in [-0.2, 0) is 6.42 Å². The highest BCUT2D eigenvalue weighted by Crippen LogP contribution is 2.29. The lowest BCUT2D eigenvalue weighted by molar-refractivity contribution is 0.0696. The predicted molar refractivity (Wildman–Crippen MR) is 157 cm³/mol. The van der Waals surface area contributed by atoms with E-state index in [2.05, 4.69) is 10.4 Å². The molecular formula is C34H25F2N3O3. The summed E-state index contributed by atoms with van der Waals surface area (Å²) in [6.45, 7) is 1.80. The van der Waals surface area contributed by atoms with Gasteiger partial charge in [0.25, 0.3) is 5.91 Å². The number of fused-ring (bicyclic) bond motifs is 2. The monoisotopic (exact) mass is 561 g/mol. The number of carbonyl (C=O) groups excluding carboxylic acids is 1. The number of hydrogen-bond donors (Lipinski definition) is 2. The number of aromatic carboxylic acids is 1. The number of rotatable bonds is 7. The van der Waals surface area contributed by atoms with Crippen LogP contribution < -0.4 is 5.32 Å². The SMILES string of the molecule is C[C@H](NC(=O)c1cc(-c2ccc(F)cc2)cn2ncc(Cc3cc4ccccc4cc3F)c12)c1ccc(C(=O)O)cc1. The van der Waals surface area contributed by atoms with Crippen LogP contribution in [0.25, 0.3) is 27.4 Å². The van der Waals surface area contributed by atoms with Crippen LogP contribution in [0.4, 0.5) is 8.78 Å². The summed E-state index contributed by atoms with van der Waals surface area (Å²) in [5.74, 6) is -2.14. The van der Waals surface area contributed by atoms with Crippen molar-refractivity contribution in [3.05, 3.63) is 143 Å². The van der Waals surface area contributed by atoms with E-state index in [0.717, 1.165) is 16.3 Å². The summed E-state index contributed by atoms with van der Waals surface area (Å²) in [6, 6.07) is 24.4. The van der Waals surface area contributed by atoms with Crippen molar-refractivity contribution in [1.82, 2.24) is 14.9 Å². The second-order valence-electron chi connectivity index (χ2n) is 10.2. The number of carbonyl (C=O) groups is 2. The van der Waals surface area contributed by atoms with Crippen molar-refractivity contribution in [2.45, 2.75) is 19.4 Å². The molecular weight excluding hydrogens is 536 g/mol. The lowest BCUT2D eigenvalue weighted by Crippen LogP contribution is -2.27. The van der Waals surface area contributed by atoms with E-state index < -0.39 is 12.0 Å². The van der Waals surface area contributed by atoms with Gasteiger partial charge in [-0.1, -0.05) is 48.5 Å². The zero-order chi connectivity index (χ0) is 29.4. The largest absolute Gasteiger partial charge is 0.478 e. The maximum absolute atomic E-state index is 15.2. The number of amides is 1. The average molecular weight is 562 g/mol. The van der Waals surface area contributed by atoms with Crippen LogP contribution in [0, 0.1) is 11.6 Å². The normalized spacial score (nSPS) is 12.0. The van der Waals surface area contributed by atoms with E-state index >= 15 is 4.39 Å². The van der Waals surface area contributed by atoms with Crippen LogP contribution in [0.5, 0.6) is 0 Å². The first-order chi connectivity index (χ1) is 20.3. The molecule has 0 aliphatic rings. The van der Waals surface area contributed by atoms with Crippen molar-refractivity contribution in [3.63, 3.8) is 0 Å². The highest BCUT2D eigenvalue weighted by molar-refractivity contribution is 6.03. The van der Waals surface area contributed by atoms with Crippen molar-refractivity contribution < 1.29 is 23.5 Å². The summed E-state index contributed by atoms with van der Waals surface area (Å²) in [5, 5.41) is 18.4. The van der Waals surface area contributed by atoms with Crippen molar-refractivity contribution in [1.29, 1.82) is 0 Å². The minimum Gasteiger partial charge on any atom is -0.478 e. The zero-order valence-corrected chi connectivity index (χ0v) is 22.5. The number of carboxylic acids is 1. The van der Waals surface area contributed by atoms with E-state index in [1.165, 1.54) is 30.3 Å². The van der Waals surface area contributed by atoms with E-state index in [4.69, 9.17) is 0 Å². The van der Waals surface area contributed by atoms with Crippen LogP contribution in [0.2, 0.25) is 0 Å². The number of benzene rings is 4. The molecule has 1 amide bonds. The van der Waals surface area contributed by atoms with Crippen LogP contribution in [0.15, 0.2) is 103 Å². The fourth-order valence-corrected chi connectivity index (χ4v) is 5.16. The predicted octanol–water partition coefficient (Wildman–Crippen LogP) is 7.21. The molecule has 2 aromatic heterocycles. The van der Waals surface area contributed by atoms with Crippen molar-refractivity contribution in [3.8, 4) is 11.1 Å². The molecule has 0 radical (unpaired) electrons. The fraction of sp³-hybridized carbons (Fsp3) is 0.0882. The maximum atomic E-state index is 15.2. The first-order valence-electron chi connectivity index (χ1n) is 13.3. The summed E-state index contributed by atoms with van der Waals surface area (Å²) >= 11 is 0. The Kier molecular flexibility index (Phi) is 6.96. The number of hydrogen-bond acceptors (Lipinski definition) is 3. The standard InChI is InChI=1S/C34H25F2N3O3/c1-20(21-6-8-23(9-7-21)34(41)42)38-33(40)30-16-28(22-10-12-29(35)13-11-22)19-39-32(30)27(18-37-39)15-26-14-24-4-2-3-5-25(24)17-31(26)36/h2-14,16-20H,15H2,1H3,(H,38,40)(H,41,42)/t20-/m0/s1. The molecule has 0 aliphatic heterocycles. The fourth-order valence-electron chi connectivity index (χ4n) is 5.16. The van der Waals surface area contributed by atoms with E-state index in [-0.39, 0.29) is 29.5 Å². The zero-order valence-electron chi connectivity index (χ0n) is 22.5. The van der Waals surface area contributed by atoms with E-state index in [1.54, 1.807) is 54.2 Å². The Morgan fingerprint density at radius 3 is 2.26 bits per heavy atom. The quantitative estimate of drug-likeness (QED) is 0.216. The number of halogens is 2. The van der Waals surface area contributed by atoms with Crippen LogP contribution in [-0.4, -0.2) is 26.6 Å². The van der Waals surface area contributed by atoms with Gasteiger partial charge < -0.3 is 10.4 Å². The third-order valence-electron chi connectivity index (χ3n) is 7.41. The summed E-state index contributed by atoms with van der Waals surface area (Å²) in [7, 11) is 0. The number of carboxylic acid groups (broad SMARTS) is 1. The Bertz CT molecular complexity index is 1970. The van der Waals surface area contributed by atoms with Gasteiger partial charge >= 0.3 is 5.97 Å². The number of nitrogens with one attached hydrogen (secondary N) is 1.